The summed E-state index contributed by atoms with van der Waals surface area (Å²) in [4.78, 5) is 134. The number of ether oxygens (including phenoxy) is 2. The Labute approximate surface area is 725 Å². The molecular formula is C91H132Cl2N12O16. The summed E-state index contributed by atoms with van der Waals surface area (Å²) in [5.74, 6) is 3.46. The molecule has 0 spiro atoms. The molecule has 6 saturated heterocycles. The molecule has 0 aromatic carbocycles. The van der Waals surface area contributed by atoms with Crippen LogP contribution in [0.25, 0.3) is 14.5 Å². The molecule has 0 bridgehead atoms. The number of nitrogens with zero attached hydrogens (tertiary/aromatic N) is 8. The highest BCUT2D eigenvalue weighted by molar-refractivity contribution is 6.40. The number of hydrogen-bond donors (Lipinski definition) is 5. The van der Waals surface area contributed by atoms with Gasteiger partial charge in [-0.3, -0.25) is 28.8 Å². The second-order valence-electron chi connectivity index (χ2n) is 41.9. The summed E-state index contributed by atoms with van der Waals surface area (Å²) in [7, 11) is 1.00. The number of Topliss-reactive ketones (excluding diaryl/α,β-unsaturated/α-hetero) is 3. The first-order chi connectivity index (χ1) is 55.2. The van der Waals surface area contributed by atoms with Crippen LogP contribution >= 0.6 is 23.2 Å². The molecule has 13 atom stereocenters. The van der Waals surface area contributed by atoms with Gasteiger partial charge in [-0.1, -0.05) is 160 Å². The number of likely N-dealkylation sites (tertiary alicyclic amines) is 2. The van der Waals surface area contributed by atoms with Crippen LogP contribution in [0.3, 0.4) is 0 Å². The Hall–Kier alpha value is -8.78. The molecule has 30 heteroatoms. The number of imide groups is 1. The third-order valence-corrected chi connectivity index (χ3v) is 28.2. The van der Waals surface area contributed by atoms with E-state index in [2.05, 4.69) is 121 Å². The molecule has 1 unspecified atom stereocenters. The van der Waals surface area contributed by atoms with Gasteiger partial charge in [-0.05, 0) is 135 Å². The van der Waals surface area contributed by atoms with Gasteiger partial charge in [-0.2, -0.15) is 0 Å². The molecule has 15 rings (SSSR count). The average Bonchev–Trinajstić information content (AvgIpc) is 1.68. The molecule has 0 radical (unpaired) electrons. The van der Waals surface area contributed by atoms with E-state index in [4.69, 9.17) is 71.1 Å². The van der Waals surface area contributed by atoms with Gasteiger partial charge in [0.1, 0.15) is 28.5 Å². The zero-order valence-electron chi connectivity index (χ0n) is 75.1. The highest BCUT2D eigenvalue weighted by Gasteiger charge is 2.62. The third-order valence-electron chi connectivity index (χ3n) is 28.2. The van der Waals surface area contributed by atoms with Gasteiger partial charge in [0.2, 0.25) is 46.7 Å². The van der Waals surface area contributed by atoms with Crippen molar-refractivity contribution in [3.63, 3.8) is 0 Å². The summed E-state index contributed by atoms with van der Waals surface area (Å²) in [5, 5.41) is 30.6. The molecule has 3 aromatic rings. The van der Waals surface area contributed by atoms with E-state index >= 15 is 0 Å². The number of ketones is 3. The second-order valence-corrected chi connectivity index (χ2v) is 42.7. The molecule has 7 fully saturated rings. The van der Waals surface area contributed by atoms with Crippen LogP contribution in [0.4, 0.5) is 9.59 Å². The van der Waals surface area contributed by atoms with E-state index in [0.29, 0.717) is 76.5 Å². The van der Waals surface area contributed by atoms with Crippen molar-refractivity contribution in [2.24, 2.45) is 84.2 Å². The summed E-state index contributed by atoms with van der Waals surface area (Å²) >= 11 is 9.53. The summed E-state index contributed by atoms with van der Waals surface area (Å²) < 4.78 is 27.4. The van der Waals surface area contributed by atoms with Gasteiger partial charge in [-0.25, -0.2) is 30.8 Å². The normalized spacial score (nSPS) is 32.1. The van der Waals surface area contributed by atoms with E-state index in [1.54, 1.807) is 39.1 Å². The first-order valence-electron chi connectivity index (χ1n) is 41.4. The summed E-state index contributed by atoms with van der Waals surface area (Å²) in [5.41, 5.74) is -0.287. The molecule has 666 valence electrons. The van der Waals surface area contributed by atoms with Gasteiger partial charge in [0.05, 0.1) is 37.1 Å². The maximum Gasteiger partial charge on any atom is 0.417 e. The van der Waals surface area contributed by atoms with Gasteiger partial charge < -0.3 is 68.8 Å². The number of carbonyl (C=O) groups excluding carboxylic acids is 10. The van der Waals surface area contributed by atoms with Crippen LogP contribution in [-0.4, -0.2) is 165 Å². The highest BCUT2D eigenvalue weighted by atomic mass is 35.5. The van der Waals surface area contributed by atoms with Crippen molar-refractivity contribution >= 4 is 82.3 Å². The lowest BCUT2D eigenvalue weighted by Gasteiger charge is -2.54. The fourth-order valence-corrected chi connectivity index (χ4v) is 22.5. The molecule has 28 nitrogen and oxygen atoms in total. The van der Waals surface area contributed by atoms with Gasteiger partial charge in [0.25, 0.3) is 6.04 Å². The van der Waals surface area contributed by atoms with Gasteiger partial charge in [0, 0.05) is 141 Å². The highest BCUT2D eigenvalue weighted by Crippen LogP contribution is 2.59. The van der Waals surface area contributed by atoms with Crippen LogP contribution in [-0.2, 0) is 83.3 Å². The minimum atomic E-state index is -0.638. The molecule has 6 aliphatic heterocycles. The minimum Gasteiger partial charge on any atom is -0.444 e. The Bertz CT molecular complexity index is 4560. The first-order valence-corrected chi connectivity index (χ1v) is 42.5. The van der Waals surface area contributed by atoms with Crippen molar-refractivity contribution in [3.8, 4) is 0 Å². The van der Waals surface area contributed by atoms with Crippen molar-refractivity contribution < 1.29 is 76.1 Å². The first kappa shape index (κ1) is 99.3. The third kappa shape index (κ3) is 19.9. The standard InChI is InChI=1S/C18H26N2O4.C18H28N2O3.2C13H18N2O2.2C13H16N2O2.CH2Cl2.CH4O.CH4/c1-16(2,3)23-15(22)20-10-18(6)8-11-9-19-24-14(11)17(4,5)12(18)7-13(20)21;1-16(2,3)22-15(21)20-8-7-13-17(4,5)14-12(10-19-23-14)9-18(13,6)11-20;1-12(2)9-4-10(16)14-7-13(9,3)5-8-6-15-17-11(8)12;3*1-12(2)9-5-10(16)15-7-13(9,3)6-8(14-4)11(12)17;2-1-3;1-2;/h9,12H,7-8,10H2,1-6H3;10,13H,7-9,11H2,1-6H3;6,9H,4-5,7H2,1-3H3,(H,14,16);8-9H,5-7H2,1-3H3,(H,15,16);2*6,9H,5,7H2,1-3H3,(H,15,16);1H2;2H,1H3;1H4/t12-,18+;13-,18+;9-,13+;8?,9-,13+;2*9-,13+;;;/m000010.../s1. The minimum absolute atomic E-state index is 0. The Morgan fingerprint density at radius 2 is 0.826 bits per heavy atom. The van der Waals surface area contributed by atoms with E-state index in [1.165, 1.54) is 16.0 Å². The number of aromatic nitrogens is 3. The maximum absolute atomic E-state index is 12.6. The molecule has 5 N–H and O–H groups in total. The Morgan fingerprint density at radius 1 is 0.488 bits per heavy atom. The SMILES string of the molecule is C.CC(C)(C)OC(=O)N1CC[C@H]2C(C)(C)c3oncc3C[C@]2(C)C1.CC(C)(C)OC(=O)N1C[C@@]2(C)Cc3cnoc3C(C)(C)[C@@H]2CC1=O.CC1(C)c2oncc2C[C@]2(C)CNC(=O)C[C@@H]12.CO.ClCCl.[C-]#[N+]C1=C[C@@]2(C)CNC(=O)C[C@@H]2C(C)(C)C1=O.[C-]#[N+]C1=C[C@]2(C)CNC(=O)C[C@H]2C(C)(C)C1=O.[C-]#[N+]C1C[C@]2(C)CNC(=O)C[C@H]2C(C)(C)C1=O. The number of aliphatic hydroxyl groups excluding tert-OH is 1. The summed E-state index contributed by atoms with van der Waals surface area (Å²) in [6.45, 7) is 73.5. The number of amides is 7. The number of fused-ring (bicyclic) bond motifs is 9. The van der Waals surface area contributed by atoms with Crippen LogP contribution < -0.4 is 21.3 Å². The Balaban J connectivity index is 0.000000199. The topological polar surface area (TPSA) is 355 Å². The number of halogens is 2. The fourth-order valence-electron chi connectivity index (χ4n) is 22.5. The van der Waals surface area contributed by atoms with Gasteiger partial charge in [0.15, 0.2) is 11.6 Å². The van der Waals surface area contributed by atoms with Crippen molar-refractivity contribution in [2.45, 2.75) is 271 Å². The lowest BCUT2D eigenvalue weighted by molar-refractivity contribution is -0.147. The van der Waals surface area contributed by atoms with E-state index in [9.17, 15) is 47.9 Å². The van der Waals surface area contributed by atoms with Gasteiger partial charge in [-0.15, -0.1) is 23.2 Å². The van der Waals surface area contributed by atoms with Crippen LogP contribution in [0.5, 0.6) is 0 Å². The smallest absolute Gasteiger partial charge is 0.417 e. The van der Waals surface area contributed by atoms with Crippen molar-refractivity contribution in [3.05, 3.63) is 110 Å². The van der Waals surface area contributed by atoms with Gasteiger partial charge >= 0.3 is 12.2 Å². The molecule has 9 heterocycles. The largest absolute Gasteiger partial charge is 0.444 e. The van der Waals surface area contributed by atoms with E-state index in [0.717, 1.165) is 75.3 Å². The average molecular weight is 1720 g/mol. The molecule has 3 aromatic heterocycles. The Kier molecular flexibility index (Phi) is 29.4. The predicted octanol–water partition coefficient (Wildman–Crippen LogP) is 14.9. The zero-order valence-corrected chi connectivity index (χ0v) is 76.6. The number of aliphatic hydroxyl groups is 1. The number of allylic oxidation sites excluding steroid dienone is 2. The number of nitrogens with one attached hydrogen (secondary N) is 4. The van der Waals surface area contributed by atoms with Crippen molar-refractivity contribution in [1.82, 2.24) is 46.5 Å². The second kappa shape index (κ2) is 35.8. The number of hydrogen-bond acceptors (Lipinski definition) is 19. The number of piperidine rings is 6. The molecule has 7 amide bonds. The molecule has 121 heavy (non-hydrogen) atoms. The number of carbonyl (C=O) groups is 10. The van der Waals surface area contributed by atoms with Crippen LogP contribution in [0, 0.1) is 104 Å². The summed E-state index contributed by atoms with van der Waals surface area (Å²) in [6, 6.07) is -0.541. The van der Waals surface area contributed by atoms with Crippen molar-refractivity contribution in [1.29, 1.82) is 0 Å². The lowest BCUT2D eigenvalue weighted by atomic mass is 9.52. The molecule has 1 saturated carbocycles. The number of alkyl halides is 2. The lowest BCUT2D eigenvalue weighted by Crippen LogP contribution is -2.60. The fraction of sp³-hybridized carbons (Fsp3) is 0.714. The Morgan fingerprint density at radius 3 is 1.21 bits per heavy atom. The monoisotopic (exact) mass is 1720 g/mol. The quantitative estimate of drug-likeness (QED) is 0.103. The molecule has 12 aliphatic rings. The van der Waals surface area contributed by atoms with E-state index in [-0.39, 0.29) is 150 Å². The summed E-state index contributed by atoms with van der Waals surface area (Å²) in [6.07, 6.45) is 14.3. The predicted molar refractivity (Wildman–Crippen MR) is 457 cm³/mol. The van der Waals surface area contributed by atoms with Crippen LogP contribution in [0.15, 0.2) is 55.7 Å². The van der Waals surface area contributed by atoms with Crippen molar-refractivity contribution in [2.75, 3.05) is 58.3 Å². The molecular weight excluding hydrogens is 1590 g/mol. The molecule has 6 aliphatic carbocycles. The maximum atomic E-state index is 12.6. The van der Waals surface area contributed by atoms with E-state index in [1.807, 2.05) is 93.5 Å². The van der Waals surface area contributed by atoms with Crippen LogP contribution in [0.2, 0.25) is 0 Å². The number of rotatable bonds is 0. The van der Waals surface area contributed by atoms with Crippen LogP contribution in [0.1, 0.15) is 253 Å². The zero-order chi connectivity index (χ0) is 90.5. The van der Waals surface area contributed by atoms with E-state index < -0.39 is 39.6 Å².